The van der Waals surface area contributed by atoms with Crippen LogP contribution in [0.3, 0.4) is 0 Å². The van der Waals surface area contributed by atoms with Crippen LogP contribution in [0, 0.1) is 6.92 Å². The first kappa shape index (κ1) is 16.7. The van der Waals surface area contributed by atoms with Crippen LogP contribution < -0.4 is 0 Å². The van der Waals surface area contributed by atoms with Crippen LogP contribution in [0.4, 0.5) is 0 Å². The molecule has 128 valence electrons. The Morgan fingerprint density at radius 2 is 2.17 bits per heavy atom. The molecule has 0 spiro atoms. The highest BCUT2D eigenvalue weighted by Crippen LogP contribution is 2.23. The van der Waals surface area contributed by atoms with Crippen LogP contribution in [-0.2, 0) is 16.1 Å². The molecular weight excluding hydrogens is 302 g/mol. The van der Waals surface area contributed by atoms with Gasteiger partial charge < -0.3 is 14.2 Å². The Labute approximate surface area is 143 Å². The largest absolute Gasteiger partial charge is 0.364 e. The summed E-state index contributed by atoms with van der Waals surface area (Å²) >= 11 is 0. The van der Waals surface area contributed by atoms with E-state index in [0.29, 0.717) is 12.6 Å². The Kier molecular flexibility index (Phi) is 5.30. The second kappa shape index (κ2) is 7.62. The monoisotopic (exact) mass is 327 g/mol. The Hall–Kier alpha value is -2.14. The standard InChI is InChI=1S/C19H25N3O2/c1-15(24-14-17-7-4-3-5-8-17)19(23)21-11-6-9-18(13-21)22-12-10-20-16(22)2/h3-5,7-8,10,12,15,18H,6,9,11,13-14H2,1-2H3/t15-,18-/m0/s1. The number of aryl methyl sites for hydroxylation is 1. The van der Waals surface area contributed by atoms with Crippen LogP contribution in [0.5, 0.6) is 0 Å². The second-order valence-electron chi connectivity index (χ2n) is 6.40. The maximum atomic E-state index is 12.7. The van der Waals surface area contributed by atoms with Crippen LogP contribution in [0.2, 0.25) is 0 Å². The van der Waals surface area contributed by atoms with Crippen molar-refractivity contribution < 1.29 is 9.53 Å². The van der Waals surface area contributed by atoms with E-state index >= 15 is 0 Å². The van der Waals surface area contributed by atoms with Crippen LogP contribution in [0.25, 0.3) is 0 Å². The van der Waals surface area contributed by atoms with E-state index in [2.05, 4.69) is 9.55 Å². The normalized spacial score (nSPS) is 19.2. The minimum atomic E-state index is -0.423. The number of benzene rings is 1. The number of likely N-dealkylation sites (tertiary alicyclic amines) is 1. The first-order chi connectivity index (χ1) is 11.6. The Balaban J connectivity index is 1.56. The van der Waals surface area contributed by atoms with Crippen LogP contribution in [-0.4, -0.2) is 39.6 Å². The van der Waals surface area contributed by atoms with E-state index in [1.807, 2.05) is 61.5 Å². The van der Waals surface area contributed by atoms with Crippen molar-refractivity contribution in [2.24, 2.45) is 0 Å². The molecule has 24 heavy (non-hydrogen) atoms. The maximum Gasteiger partial charge on any atom is 0.251 e. The molecule has 0 radical (unpaired) electrons. The molecule has 5 heteroatoms. The number of rotatable bonds is 5. The first-order valence-electron chi connectivity index (χ1n) is 8.59. The predicted molar refractivity (Wildman–Crippen MR) is 92.5 cm³/mol. The summed E-state index contributed by atoms with van der Waals surface area (Å²) in [6.07, 6.45) is 5.50. The molecule has 0 N–H and O–H groups in total. The van der Waals surface area contributed by atoms with Gasteiger partial charge >= 0.3 is 0 Å². The SMILES string of the molecule is Cc1nccn1[C@H]1CCCN(C(=O)[C@H](C)OCc2ccccc2)C1. The van der Waals surface area contributed by atoms with Gasteiger partial charge in [-0.3, -0.25) is 4.79 Å². The van der Waals surface area contributed by atoms with Crippen molar-refractivity contribution in [3.63, 3.8) is 0 Å². The van der Waals surface area contributed by atoms with Crippen molar-refractivity contribution >= 4 is 5.91 Å². The lowest BCUT2D eigenvalue weighted by molar-refractivity contribution is -0.145. The fourth-order valence-corrected chi connectivity index (χ4v) is 3.28. The van der Waals surface area contributed by atoms with E-state index in [0.717, 1.165) is 37.3 Å². The van der Waals surface area contributed by atoms with Crippen molar-refractivity contribution in [3.05, 3.63) is 54.1 Å². The molecule has 1 saturated heterocycles. The molecule has 0 aliphatic carbocycles. The van der Waals surface area contributed by atoms with E-state index in [9.17, 15) is 4.79 Å². The van der Waals surface area contributed by atoms with Gasteiger partial charge in [-0.25, -0.2) is 4.98 Å². The van der Waals surface area contributed by atoms with Crippen molar-refractivity contribution in [2.45, 2.75) is 45.4 Å². The number of hydrogen-bond acceptors (Lipinski definition) is 3. The zero-order chi connectivity index (χ0) is 16.9. The van der Waals surface area contributed by atoms with Crippen LogP contribution in [0.1, 0.15) is 37.2 Å². The third kappa shape index (κ3) is 3.85. The summed E-state index contributed by atoms with van der Waals surface area (Å²) in [5.74, 6) is 1.08. The highest BCUT2D eigenvalue weighted by molar-refractivity contribution is 5.80. The van der Waals surface area contributed by atoms with Crippen LogP contribution >= 0.6 is 0 Å². The number of hydrogen-bond donors (Lipinski definition) is 0. The lowest BCUT2D eigenvalue weighted by Crippen LogP contribution is -2.45. The topological polar surface area (TPSA) is 47.4 Å². The molecule has 0 bridgehead atoms. The average Bonchev–Trinajstić information content (AvgIpc) is 3.06. The van der Waals surface area contributed by atoms with E-state index < -0.39 is 6.10 Å². The Morgan fingerprint density at radius 1 is 1.38 bits per heavy atom. The third-order valence-corrected chi connectivity index (χ3v) is 4.65. The molecule has 1 fully saturated rings. The molecular formula is C19H25N3O2. The quantitative estimate of drug-likeness (QED) is 0.848. The summed E-state index contributed by atoms with van der Waals surface area (Å²) in [7, 11) is 0. The number of imidazole rings is 1. The minimum Gasteiger partial charge on any atom is -0.364 e. The van der Waals surface area contributed by atoms with E-state index in [1.54, 1.807) is 0 Å². The van der Waals surface area contributed by atoms with Gasteiger partial charge in [0, 0.05) is 25.5 Å². The number of aromatic nitrogens is 2. The second-order valence-corrected chi connectivity index (χ2v) is 6.40. The minimum absolute atomic E-state index is 0.0772. The molecule has 1 aromatic carbocycles. The summed E-state index contributed by atoms with van der Waals surface area (Å²) < 4.78 is 7.96. The molecule has 2 heterocycles. The molecule has 1 aliphatic rings. The van der Waals surface area contributed by atoms with Gasteiger partial charge in [0.15, 0.2) is 0 Å². The van der Waals surface area contributed by atoms with E-state index in [1.165, 1.54) is 0 Å². The molecule has 1 aromatic heterocycles. The van der Waals surface area contributed by atoms with Crippen molar-refractivity contribution in [2.75, 3.05) is 13.1 Å². The Morgan fingerprint density at radius 3 is 2.88 bits per heavy atom. The summed E-state index contributed by atoms with van der Waals surface area (Å²) in [5.41, 5.74) is 1.09. The Bertz CT molecular complexity index is 668. The van der Waals surface area contributed by atoms with Crippen molar-refractivity contribution in [1.29, 1.82) is 0 Å². The van der Waals surface area contributed by atoms with Gasteiger partial charge in [-0.1, -0.05) is 30.3 Å². The number of piperidine rings is 1. The summed E-state index contributed by atoms with van der Waals surface area (Å²) in [5, 5.41) is 0. The predicted octanol–water partition coefficient (Wildman–Crippen LogP) is 2.96. The van der Waals surface area contributed by atoms with Gasteiger partial charge in [0.2, 0.25) is 0 Å². The van der Waals surface area contributed by atoms with Gasteiger partial charge in [-0.15, -0.1) is 0 Å². The van der Waals surface area contributed by atoms with Gasteiger partial charge in [0.1, 0.15) is 11.9 Å². The van der Waals surface area contributed by atoms with Gasteiger partial charge in [0.25, 0.3) is 5.91 Å². The van der Waals surface area contributed by atoms with Gasteiger partial charge in [0.05, 0.1) is 12.6 Å². The summed E-state index contributed by atoms with van der Waals surface area (Å²) in [4.78, 5) is 18.9. The molecule has 0 unspecified atom stereocenters. The molecule has 0 saturated carbocycles. The maximum absolute atomic E-state index is 12.7. The summed E-state index contributed by atoms with van der Waals surface area (Å²) in [6.45, 7) is 5.85. The van der Waals surface area contributed by atoms with Gasteiger partial charge in [-0.2, -0.15) is 0 Å². The molecule has 2 atom stereocenters. The number of amides is 1. The molecule has 1 amide bonds. The highest BCUT2D eigenvalue weighted by Gasteiger charge is 2.28. The number of carbonyl (C=O) groups excluding carboxylic acids is 1. The lowest BCUT2D eigenvalue weighted by atomic mass is 10.0. The summed E-state index contributed by atoms with van der Waals surface area (Å²) in [6, 6.07) is 10.3. The van der Waals surface area contributed by atoms with Crippen LogP contribution in [0.15, 0.2) is 42.7 Å². The molecule has 2 aromatic rings. The smallest absolute Gasteiger partial charge is 0.251 e. The number of carbonyl (C=O) groups is 1. The molecule has 5 nitrogen and oxygen atoms in total. The molecule has 1 aliphatic heterocycles. The fraction of sp³-hybridized carbons (Fsp3) is 0.474. The number of nitrogens with zero attached hydrogens (tertiary/aromatic N) is 3. The zero-order valence-corrected chi connectivity index (χ0v) is 14.4. The fourth-order valence-electron chi connectivity index (χ4n) is 3.28. The third-order valence-electron chi connectivity index (χ3n) is 4.65. The van der Waals surface area contributed by atoms with Gasteiger partial charge in [-0.05, 0) is 32.3 Å². The zero-order valence-electron chi connectivity index (χ0n) is 14.4. The van der Waals surface area contributed by atoms with E-state index in [-0.39, 0.29) is 5.91 Å². The lowest BCUT2D eigenvalue weighted by Gasteiger charge is -2.35. The number of ether oxygens (including phenoxy) is 1. The van der Waals surface area contributed by atoms with E-state index in [4.69, 9.17) is 4.74 Å². The molecule has 3 rings (SSSR count). The van der Waals surface area contributed by atoms with Crippen molar-refractivity contribution in [1.82, 2.24) is 14.5 Å². The highest BCUT2D eigenvalue weighted by atomic mass is 16.5. The average molecular weight is 327 g/mol. The first-order valence-corrected chi connectivity index (χ1v) is 8.59. The van der Waals surface area contributed by atoms with Crippen molar-refractivity contribution in [3.8, 4) is 0 Å².